The first kappa shape index (κ1) is 13.8. The predicted molar refractivity (Wildman–Crippen MR) is 74.4 cm³/mol. The molecule has 0 aliphatic rings. The molecule has 2 aromatic heterocycles. The summed E-state index contributed by atoms with van der Waals surface area (Å²) in [7, 11) is 3.47. The van der Waals surface area contributed by atoms with E-state index in [-0.39, 0.29) is 5.91 Å². The molecule has 0 aliphatic heterocycles. The SMILES string of the molecule is Cc1nc2nc(SCC(=O)N(C)C)nn2c(C)c1C. The van der Waals surface area contributed by atoms with Gasteiger partial charge >= 0.3 is 0 Å². The van der Waals surface area contributed by atoms with Gasteiger partial charge in [-0.25, -0.2) is 9.50 Å². The van der Waals surface area contributed by atoms with Crippen LogP contribution in [-0.2, 0) is 4.79 Å². The van der Waals surface area contributed by atoms with Crippen molar-refractivity contribution in [1.82, 2.24) is 24.5 Å². The molecule has 0 saturated heterocycles. The van der Waals surface area contributed by atoms with Crippen LogP contribution in [-0.4, -0.2) is 50.2 Å². The number of aromatic nitrogens is 4. The van der Waals surface area contributed by atoms with Gasteiger partial charge in [0.05, 0.1) is 5.75 Å². The number of hydrogen-bond acceptors (Lipinski definition) is 5. The van der Waals surface area contributed by atoms with E-state index < -0.39 is 0 Å². The van der Waals surface area contributed by atoms with Gasteiger partial charge in [-0.3, -0.25) is 4.79 Å². The van der Waals surface area contributed by atoms with Gasteiger partial charge in [0.1, 0.15) is 0 Å². The first-order valence-electron chi connectivity index (χ1n) is 5.93. The van der Waals surface area contributed by atoms with Crippen molar-refractivity contribution < 1.29 is 4.79 Å². The van der Waals surface area contributed by atoms with Crippen LogP contribution >= 0.6 is 11.8 Å². The Morgan fingerprint density at radius 1 is 1.26 bits per heavy atom. The summed E-state index contributed by atoms with van der Waals surface area (Å²) in [5.41, 5.74) is 3.09. The van der Waals surface area contributed by atoms with Crippen LogP contribution in [0.2, 0.25) is 0 Å². The van der Waals surface area contributed by atoms with Crippen molar-refractivity contribution in [2.24, 2.45) is 0 Å². The third kappa shape index (κ3) is 2.70. The van der Waals surface area contributed by atoms with Crippen molar-refractivity contribution in [1.29, 1.82) is 0 Å². The normalized spacial score (nSPS) is 11.0. The fraction of sp³-hybridized carbons (Fsp3) is 0.500. The number of fused-ring (bicyclic) bond motifs is 1. The van der Waals surface area contributed by atoms with Crippen LogP contribution in [0.4, 0.5) is 0 Å². The number of amides is 1. The molecule has 102 valence electrons. The van der Waals surface area contributed by atoms with Crippen LogP contribution in [0.1, 0.15) is 17.0 Å². The number of nitrogens with zero attached hydrogens (tertiary/aromatic N) is 5. The Labute approximate surface area is 116 Å². The van der Waals surface area contributed by atoms with E-state index in [4.69, 9.17) is 0 Å². The zero-order valence-corrected chi connectivity index (χ0v) is 12.6. The lowest BCUT2D eigenvalue weighted by Gasteiger charge is -2.07. The van der Waals surface area contributed by atoms with Crippen LogP contribution in [0.15, 0.2) is 5.16 Å². The van der Waals surface area contributed by atoms with E-state index in [1.165, 1.54) is 11.8 Å². The minimum absolute atomic E-state index is 0.0425. The van der Waals surface area contributed by atoms with Crippen molar-refractivity contribution in [3.63, 3.8) is 0 Å². The van der Waals surface area contributed by atoms with Crippen LogP contribution < -0.4 is 0 Å². The molecule has 0 fully saturated rings. The minimum atomic E-state index is 0.0425. The maximum Gasteiger partial charge on any atom is 0.253 e. The topological polar surface area (TPSA) is 63.4 Å². The van der Waals surface area contributed by atoms with Crippen molar-refractivity contribution >= 4 is 23.4 Å². The number of thioether (sulfide) groups is 1. The Hall–Kier alpha value is -1.63. The largest absolute Gasteiger partial charge is 0.348 e. The number of carbonyl (C=O) groups is 1. The molecule has 0 unspecified atom stereocenters. The average Bonchev–Trinajstić information content (AvgIpc) is 2.76. The third-order valence-corrected chi connectivity index (χ3v) is 3.89. The maximum absolute atomic E-state index is 11.5. The summed E-state index contributed by atoms with van der Waals surface area (Å²) in [4.78, 5) is 21.8. The van der Waals surface area contributed by atoms with Crippen molar-refractivity contribution in [3.8, 4) is 0 Å². The highest BCUT2D eigenvalue weighted by Crippen LogP contribution is 2.17. The summed E-state index contributed by atoms with van der Waals surface area (Å²) in [6.45, 7) is 5.96. The maximum atomic E-state index is 11.5. The Morgan fingerprint density at radius 2 is 1.95 bits per heavy atom. The zero-order chi connectivity index (χ0) is 14.2. The molecular formula is C12H17N5OS. The molecule has 0 spiro atoms. The molecule has 0 radical (unpaired) electrons. The van der Waals surface area contributed by atoms with E-state index >= 15 is 0 Å². The Kier molecular flexibility index (Phi) is 3.75. The predicted octanol–water partition coefficient (Wildman–Crippen LogP) is 1.23. The molecule has 2 rings (SSSR count). The van der Waals surface area contributed by atoms with Gasteiger partial charge in [0.25, 0.3) is 5.78 Å². The Bertz CT molecular complexity index is 635. The molecule has 7 heteroatoms. The molecule has 0 saturated carbocycles. The van der Waals surface area contributed by atoms with Crippen molar-refractivity contribution in [2.75, 3.05) is 19.8 Å². The highest BCUT2D eigenvalue weighted by Gasteiger charge is 2.13. The van der Waals surface area contributed by atoms with Gasteiger partial charge in [0.15, 0.2) is 0 Å². The zero-order valence-electron chi connectivity index (χ0n) is 11.8. The second-order valence-corrected chi connectivity index (χ2v) is 5.53. The number of hydrogen-bond donors (Lipinski definition) is 0. The molecule has 1 amide bonds. The number of carbonyl (C=O) groups excluding carboxylic acids is 1. The van der Waals surface area contributed by atoms with Gasteiger partial charge < -0.3 is 4.90 Å². The molecule has 0 bridgehead atoms. The van der Waals surface area contributed by atoms with Gasteiger partial charge in [-0.15, -0.1) is 5.10 Å². The standard InChI is InChI=1S/C12H17N5OS/c1-7-8(2)13-11-14-12(15-17(11)9(7)3)19-6-10(18)16(4)5/h6H2,1-5H3. The second kappa shape index (κ2) is 5.16. The summed E-state index contributed by atoms with van der Waals surface area (Å²) >= 11 is 1.33. The fourth-order valence-corrected chi connectivity index (χ4v) is 2.35. The number of aryl methyl sites for hydroxylation is 2. The molecule has 19 heavy (non-hydrogen) atoms. The fourth-order valence-electron chi connectivity index (χ4n) is 1.55. The monoisotopic (exact) mass is 279 g/mol. The molecule has 0 atom stereocenters. The van der Waals surface area contributed by atoms with Crippen LogP contribution in [0.5, 0.6) is 0 Å². The highest BCUT2D eigenvalue weighted by atomic mass is 32.2. The van der Waals surface area contributed by atoms with Crippen LogP contribution in [0.25, 0.3) is 5.78 Å². The summed E-state index contributed by atoms with van der Waals surface area (Å²) in [5, 5.41) is 4.96. The summed E-state index contributed by atoms with van der Waals surface area (Å²) in [6.07, 6.45) is 0. The third-order valence-electron chi connectivity index (χ3n) is 3.06. The van der Waals surface area contributed by atoms with Crippen LogP contribution in [0, 0.1) is 20.8 Å². The molecule has 0 aliphatic carbocycles. The van der Waals surface area contributed by atoms with Crippen LogP contribution in [0.3, 0.4) is 0 Å². The summed E-state index contributed by atoms with van der Waals surface area (Å²) in [6, 6.07) is 0. The average molecular weight is 279 g/mol. The van der Waals surface area contributed by atoms with E-state index in [1.54, 1.807) is 23.5 Å². The number of rotatable bonds is 3. The van der Waals surface area contributed by atoms with Gasteiger partial charge in [0.2, 0.25) is 11.1 Å². The Balaban J connectivity index is 2.27. The molecule has 6 nitrogen and oxygen atoms in total. The first-order valence-corrected chi connectivity index (χ1v) is 6.92. The summed E-state index contributed by atoms with van der Waals surface area (Å²) < 4.78 is 1.73. The van der Waals surface area contributed by atoms with E-state index in [0.29, 0.717) is 16.7 Å². The first-order chi connectivity index (χ1) is 8.90. The van der Waals surface area contributed by atoms with E-state index in [0.717, 1.165) is 17.0 Å². The second-order valence-electron chi connectivity index (χ2n) is 4.59. The highest BCUT2D eigenvalue weighted by molar-refractivity contribution is 7.99. The minimum Gasteiger partial charge on any atom is -0.348 e. The lowest BCUT2D eigenvalue weighted by atomic mass is 10.2. The van der Waals surface area contributed by atoms with Gasteiger partial charge in [0, 0.05) is 25.5 Å². The van der Waals surface area contributed by atoms with Gasteiger partial charge in [-0.1, -0.05) is 11.8 Å². The van der Waals surface area contributed by atoms with E-state index in [9.17, 15) is 4.79 Å². The van der Waals surface area contributed by atoms with Crippen molar-refractivity contribution in [2.45, 2.75) is 25.9 Å². The van der Waals surface area contributed by atoms with Gasteiger partial charge in [-0.05, 0) is 26.3 Å². The quantitative estimate of drug-likeness (QED) is 0.791. The van der Waals surface area contributed by atoms with E-state index in [2.05, 4.69) is 15.1 Å². The van der Waals surface area contributed by atoms with E-state index in [1.807, 2.05) is 20.8 Å². The van der Waals surface area contributed by atoms with Gasteiger partial charge in [-0.2, -0.15) is 4.98 Å². The molecule has 2 aromatic rings. The Morgan fingerprint density at radius 3 is 2.58 bits per heavy atom. The van der Waals surface area contributed by atoms with Crippen molar-refractivity contribution in [3.05, 3.63) is 17.0 Å². The smallest absolute Gasteiger partial charge is 0.253 e. The molecule has 0 aromatic carbocycles. The molecule has 0 N–H and O–H groups in total. The lowest BCUT2D eigenvalue weighted by molar-refractivity contribution is -0.125. The summed E-state index contributed by atoms with van der Waals surface area (Å²) in [5.74, 6) is 0.960. The lowest BCUT2D eigenvalue weighted by Crippen LogP contribution is -2.23. The molecular weight excluding hydrogens is 262 g/mol. The molecule has 2 heterocycles.